The van der Waals surface area contributed by atoms with Gasteiger partial charge in [0.25, 0.3) is 0 Å². The van der Waals surface area contributed by atoms with Crippen LogP contribution in [0.5, 0.6) is 11.5 Å². The Morgan fingerprint density at radius 2 is 1.85 bits per heavy atom. The maximum absolute atomic E-state index is 12.8. The lowest BCUT2D eigenvalue weighted by Gasteiger charge is -2.13. The fourth-order valence-corrected chi connectivity index (χ4v) is 1.64. The van der Waals surface area contributed by atoms with E-state index in [0.29, 0.717) is 5.69 Å². The molecule has 0 saturated carbocycles. The Balaban J connectivity index is 2.26. The molecule has 3 nitrogen and oxygen atoms in total. The predicted octanol–water partition coefficient (Wildman–Crippen LogP) is 3.91. The molecule has 0 aliphatic carbocycles. The molecule has 0 fully saturated rings. The van der Waals surface area contributed by atoms with Crippen LogP contribution in [-0.4, -0.2) is 4.98 Å². The molecular formula is C14H13F3N2O. The van der Waals surface area contributed by atoms with Crippen LogP contribution in [0.1, 0.15) is 24.2 Å². The lowest BCUT2D eigenvalue weighted by atomic mass is 10.2. The van der Waals surface area contributed by atoms with Crippen molar-refractivity contribution in [2.24, 2.45) is 5.73 Å². The van der Waals surface area contributed by atoms with Crippen LogP contribution in [0.4, 0.5) is 13.2 Å². The van der Waals surface area contributed by atoms with Crippen molar-refractivity contribution >= 4 is 0 Å². The summed E-state index contributed by atoms with van der Waals surface area (Å²) in [6, 6.07) is 7.95. The number of nitrogens with zero attached hydrogens (tertiary/aromatic N) is 1. The monoisotopic (exact) mass is 282 g/mol. The number of pyridine rings is 1. The highest BCUT2D eigenvalue weighted by molar-refractivity contribution is 5.39. The molecule has 2 N–H and O–H groups in total. The number of para-hydroxylation sites is 1. The molecule has 20 heavy (non-hydrogen) atoms. The van der Waals surface area contributed by atoms with Crippen LogP contribution in [0.2, 0.25) is 0 Å². The number of hydrogen-bond acceptors (Lipinski definition) is 3. The predicted molar refractivity (Wildman–Crippen MR) is 68.4 cm³/mol. The van der Waals surface area contributed by atoms with E-state index in [4.69, 9.17) is 10.5 Å². The summed E-state index contributed by atoms with van der Waals surface area (Å²) in [5.74, 6) is -0.0264. The molecule has 1 unspecified atom stereocenters. The molecule has 0 bridgehead atoms. The molecule has 1 aromatic heterocycles. The van der Waals surface area contributed by atoms with Gasteiger partial charge in [-0.1, -0.05) is 12.1 Å². The maximum atomic E-state index is 12.8. The van der Waals surface area contributed by atoms with E-state index < -0.39 is 11.7 Å². The van der Waals surface area contributed by atoms with Crippen LogP contribution in [0, 0.1) is 0 Å². The minimum absolute atomic E-state index is 0.228. The van der Waals surface area contributed by atoms with Gasteiger partial charge in [-0.2, -0.15) is 13.2 Å². The number of hydrogen-bond donors (Lipinski definition) is 1. The number of ether oxygens (including phenoxy) is 1. The van der Waals surface area contributed by atoms with Gasteiger partial charge in [0.2, 0.25) is 0 Å². The van der Waals surface area contributed by atoms with E-state index in [-0.39, 0.29) is 17.5 Å². The first-order chi connectivity index (χ1) is 9.38. The summed E-state index contributed by atoms with van der Waals surface area (Å²) in [6.45, 7) is 1.77. The summed E-state index contributed by atoms with van der Waals surface area (Å²) in [7, 11) is 0. The van der Waals surface area contributed by atoms with Gasteiger partial charge in [0, 0.05) is 6.04 Å². The zero-order valence-electron chi connectivity index (χ0n) is 10.7. The second-order valence-electron chi connectivity index (χ2n) is 4.30. The van der Waals surface area contributed by atoms with Gasteiger partial charge in [-0.05, 0) is 31.2 Å². The van der Waals surface area contributed by atoms with Crippen molar-refractivity contribution < 1.29 is 17.9 Å². The molecule has 0 aliphatic rings. The zero-order chi connectivity index (χ0) is 14.8. The molecule has 0 spiro atoms. The number of rotatable bonds is 3. The summed E-state index contributed by atoms with van der Waals surface area (Å²) in [6.07, 6.45) is -3.11. The Morgan fingerprint density at radius 1 is 1.15 bits per heavy atom. The third-order valence-electron chi connectivity index (χ3n) is 2.65. The van der Waals surface area contributed by atoms with Crippen LogP contribution in [-0.2, 0) is 6.18 Å². The molecule has 106 valence electrons. The summed E-state index contributed by atoms with van der Waals surface area (Å²) in [5, 5.41) is 0. The Bertz CT molecular complexity index is 580. The number of alkyl halides is 3. The van der Waals surface area contributed by atoms with Crippen molar-refractivity contribution in [1.29, 1.82) is 0 Å². The van der Waals surface area contributed by atoms with E-state index in [9.17, 15) is 13.2 Å². The van der Waals surface area contributed by atoms with Crippen molar-refractivity contribution in [3.8, 4) is 11.5 Å². The number of benzene rings is 1. The van der Waals surface area contributed by atoms with E-state index in [1.54, 1.807) is 19.1 Å². The normalized spacial score (nSPS) is 13.1. The molecule has 0 aliphatic heterocycles. The van der Waals surface area contributed by atoms with Crippen LogP contribution >= 0.6 is 0 Å². The lowest BCUT2D eigenvalue weighted by molar-refractivity contribution is -0.138. The van der Waals surface area contributed by atoms with E-state index in [2.05, 4.69) is 4.98 Å². The van der Waals surface area contributed by atoms with Gasteiger partial charge in [0.1, 0.15) is 11.5 Å². The molecular weight excluding hydrogens is 269 g/mol. The van der Waals surface area contributed by atoms with Crippen molar-refractivity contribution in [1.82, 2.24) is 4.98 Å². The van der Waals surface area contributed by atoms with E-state index >= 15 is 0 Å². The van der Waals surface area contributed by atoms with Gasteiger partial charge in [-0.15, -0.1) is 0 Å². The van der Waals surface area contributed by atoms with E-state index in [0.717, 1.165) is 6.07 Å². The Labute approximate surface area is 114 Å². The highest BCUT2D eigenvalue weighted by Gasteiger charge is 2.34. The highest BCUT2D eigenvalue weighted by atomic mass is 19.4. The van der Waals surface area contributed by atoms with Gasteiger partial charge in [0.05, 0.1) is 17.5 Å². The van der Waals surface area contributed by atoms with Crippen LogP contribution < -0.4 is 10.5 Å². The summed E-state index contributed by atoms with van der Waals surface area (Å²) in [5.41, 5.74) is 5.46. The van der Waals surface area contributed by atoms with Crippen molar-refractivity contribution in [2.45, 2.75) is 19.1 Å². The topological polar surface area (TPSA) is 48.1 Å². The zero-order valence-corrected chi connectivity index (χ0v) is 10.7. The van der Waals surface area contributed by atoms with E-state index in [1.807, 2.05) is 0 Å². The summed E-state index contributed by atoms with van der Waals surface area (Å²) in [4.78, 5) is 4.03. The van der Waals surface area contributed by atoms with Gasteiger partial charge in [-0.3, -0.25) is 4.98 Å². The second kappa shape index (κ2) is 5.50. The molecule has 6 heteroatoms. The highest BCUT2D eigenvalue weighted by Crippen LogP contribution is 2.37. The first-order valence-corrected chi connectivity index (χ1v) is 5.93. The van der Waals surface area contributed by atoms with Crippen LogP contribution in [0.15, 0.2) is 42.6 Å². The Kier molecular flexibility index (Phi) is 3.94. The van der Waals surface area contributed by atoms with Crippen molar-refractivity contribution in [3.05, 3.63) is 53.9 Å². The molecule has 2 aromatic rings. The van der Waals surface area contributed by atoms with E-state index in [1.165, 1.54) is 24.4 Å². The van der Waals surface area contributed by atoms with Gasteiger partial charge >= 0.3 is 6.18 Å². The molecule has 2 rings (SSSR count). The standard InChI is InChI=1S/C14H13F3N2O/c1-9(18)12-7-6-10(8-19-12)20-13-5-3-2-4-11(13)14(15,16)17/h2-9H,18H2,1H3. The number of halogens is 3. The number of aromatic nitrogens is 1. The first kappa shape index (κ1) is 14.3. The average Bonchev–Trinajstić information content (AvgIpc) is 2.38. The molecule has 0 radical (unpaired) electrons. The Hall–Kier alpha value is -2.08. The van der Waals surface area contributed by atoms with Crippen LogP contribution in [0.25, 0.3) is 0 Å². The van der Waals surface area contributed by atoms with Gasteiger partial charge < -0.3 is 10.5 Å². The Morgan fingerprint density at radius 3 is 2.40 bits per heavy atom. The molecule has 1 atom stereocenters. The fourth-order valence-electron chi connectivity index (χ4n) is 1.64. The minimum atomic E-state index is -4.46. The third-order valence-corrected chi connectivity index (χ3v) is 2.65. The molecule has 1 heterocycles. The maximum Gasteiger partial charge on any atom is 0.419 e. The largest absolute Gasteiger partial charge is 0.455 e. The quantitative estimate of drug-likeness (QED) is 0.928. The average molecular weight is 282 g/mol. The smallest absolute Gasteiger partial charge is 0.419 e. The molecule has 0 saturated heterocycles. The van der Waals surface area contributed by atoms with Gasteiger partial charge in [-0.25, -0.2) is 0 Å². The van der Waals surface area contributed by atoms with Gasteiger partial charge in [0.15, 0.2) is 0 Å². The third kappa shape index (κ3) is 3.27. The fraction of sp³-hybridized carbons (Fsp3) is 0.214. The number of nitrogens with two attached hydrogens (primary N) is 1. The SMILES string of the molecule is CC(N)c1ccc(Oc2ccccc2C(F)(F)F)cn1. The molecule has 1 aromatic carbocycles. The van der Waals surface area contributed by atoms with Crippen molar-refractivity contribution in [2.75, 3.05) is 0 Å². The summed E-state index contributed by atoms with van der Waals surface area (Å²) >= 11 is 0. The summed E-state index contributed by atoms with van der Waals surface area (Å²) < 4.78 is 43.7. The minimum Gasteiger partial charge on any atom is -0.455 e. The molecule has 0 amide bonds. The lowest BCUT2D eigenvalue weighted by Crippen LogP contribution is -2.08. The van der Waals surface area contributed by atoms with Crippen LogP contribution in [0.3, 0.4) is 0 Å². The first-order valence-electron chi connectivity index (χ1n) is 5.93. The van der Waals surface area contributed by atoms with Crippen molar-refractivity contribution in [3.63, 3.8) is 0 Å². The second-order valence-corrected chi connectivity index (χ2v) is 4.30.